The van der Waals surface area contributed by atoms with Crippen LogP contribution in [0.2, 0.25) is 0 Å². The second-order valence-electron chi connectivity index (χ2n) is 23.2. The molecule has 23 heteroatoms. The molecule has 0 aromatic heterocycles. The summed E-state index contributed by atoms with van der Waals surface area (Å²) in [6.07, 6.45) is -0.304. The van der Waals surface area contributed by atoms with E-state index >= 15 is 0 Å². The van der Waals surface area contributed by atoms with E-state index in [1.54, 1.807) is 44.5 Å². The SMILES string of the molecule is CC[C@H](C)[C@@H]([C@@H](CC(=O)N1CCC[C@H]1[C@H](OC)[C@@H](C)C(=O)N[C@@H](Cc1ccccc1)C(=O)NCCCOC(=O)C(C)NC(=O)CC(NC(=O)CCNC(=O)C(C)(C)C)C(=O)O)OC)N(C)C(=O)[C@@H](NC(=O)[C@H](C(C)C)N(C)C)C(C)C. The third-order valence-electron chi connectivity index (χ3n) is 14.8. The number of hydrogen-bond donors (Lipinski definition) is 7. The first kappa shape index (κ1) is 70.9. The van der Waals surface area contributed by atoms with Gasteiger partial charge in [0, 0.05) is 59.2 Å². The lowest BCUT2D eigenvalue weighted by molar-refractivity contribution is -0.148. The van der Waals surface area contributed by atoms with E-state index in [0.29, 0.717) is 25.8 Å². The third kappa shape index (κ3) is 22.6. The Bertz CT molecular complexity index is 2230. The lowest BCUT2D eigenvalue weighted by Gasteiger charge is -2.41. The van der Waals surface area contributed by atoms with Crippen molar-refractivity contribution < 1.29 is 67.3 Å². The van der Waals surface area contributed by atoms with Gasteiger partial charge in [0.05, 0.1) is 55.7 Å². The fourth-order valence-electron chi connectivity index (χ4n) is 10.0. The molecule has 0 saturated carbocycles. The zero-order valence-corrected chi connectivity index (χ0v) is 51.0. The van der Waals surface area contributed by atoms with Crippen molar-refractivity contribution in [3.8, 4) is 0 Å². The zero-order chi connectivity index (χ0) is 61.5. The van der Waals surface area contributed by atoms with Crippen LogP contribution >= 0.6 is 0 Å². The summed E-state index contributed by atoms with van der Waals surface area (Å²) in [6, 6.07) is 2.96. The molecule has 458 valence electrons. The van der Waals surface area contributed by atoms with Crippen molar-refractivity contribution in [1.29, 1.82) is 0 Å². The van der Waals surface area contributed by atoms with E-state index < -0.39 is 108 Å². The van der Waals surface area contributed by atoms with E-state index in [9.17, 15) is 53.1 Å². The van der Waals surface area contributed by atoms with Crippen LogP contribution in [-0.2, 0) is 68.6 Å². The van der Waals surface area contributed by atoms with Crippen LogP contribution in [0.15, 0.2) is 30.3 Å². The number of esters is 1. The van der Waals surface area contributed by atoms with Gasteiger partial charge < -0.3 is 61.0 Å². The molecule has 0 spiro atoms. The highest BCUT2D eigenvalue weighted by Gasteiger charge is 2.44. The van der Waals surface area contributed by atoms with E-state index in [2.05, 4.69) is 31.9 Å². The van der Waals surface area contributed by atoms with Crippen LogP contribution in [0.25, 0.3) is 0 Å². The minimum absolute atomic E-state index is 0.00364. The molecule has 0 bridgehead atoms. The second kappa shape index (κ2) is 34.3. The minimum Gasteiger partial charge on any atom is -0.480 e. The molecule has 1 aliphatic rings. The first-order valence-corrected chi connectivity index (χ1v) is 28.4. The molecule has 2 unspecified atom stereocenters. The van der Waals surface area contributed by atoms with Gasteiger partial charge in [-0.25, -0.2) is 9.59 Å². The fraction of sp³-hybridized carbons (Fsp3) is 0.724. The minimum atomic E-state index is -1.60. The molecule has 0 aliphatic carbocycles. The van der Waals surface area contributed by atoms with Gasteiger partial charge in [-0.15, -0.1) is 0 Å². The average Bonchev–Trinajstić information content (AvgIpc) is 3.91. The van der Waals surface area contributed by atoms with Gasteiger partial charge in [0.1, 0.15) is 24.2 Å². The Balaban J connectivity index is 2.12. The number of aliphatic carboxylic acids is 1. The van der Waals surface area contributed by atoms with E-state index in [1.165, 1.54) is 21.1 Å². The number of carbonyl (C=O) groups is 10. The Labute approximate surface area is 480 Å². The standard InChI is InChI=1S/C58H97N9O14/c1-17-36(6)49(66(14)54(74)47(34(2)3)64-53(73)48(35(4)5)65(12)13)43(79-15)33-46(70)67-29-21-25-42(67)50(80-16)37(7)51(71)63-40(31-39-23-19-18-20-24-39)52(72)59-27-22-30-81-56(77)38(8)61-45(69)32-41(55(75)76)62-44(68)26-28-60-57(78)58(9,10)11/h18-20,23-24,34-38,40-43,47-50H,17,21-22,25-33H2,1-16H3,(H,59,72)(H,60,78)(H,61,69)(H,62,68)(H,63,71)(H,64,73)(H,75,76)/t36-,37+,38?,40-,41?,42-,43+,47-,48-,49-,50+/m0/s1. The van der Waals surface area contributed by atoms with Crippen molar-refractivity contribution in [2.45, 2.75) is 182 Å². The maximum Gasteiger partial charge on any atom is 0.328 e. The first-order valence-electron chi connectivity index (χ1n) is 28.4. The molecule has 1 fully saturated rings. The maximum absolute atomic E-state index is 14.5. The molecule has 1 aromatic carbocycles. The zero-order valence-electron chi connectivity index (χ0n) is 51.0. The molecule has 23 nitrogen and oxygen atoms in total. The predicted molar refractivity (Wildman–Crippen MR) is 305 cm³/mol. The molecule has 1 aliphatic heterocycles. The number of carbonyl (C=O) groups excluding carboxylic acids is 9. The van der Waals surface area contributed by atoms with Gasteiger partial charge in [0.2, 0.25) is 47.3 Å². The summed E-state index contributed by atoms with van der Waals surface area (Å²) >= 11 is 0. The average molecular weight is 1140 g/mol. The molecular weight excluding hydrogens is 1050 g/mol. The smallest absolute Gasteiger partial charge is 0.328 e. The summed E-state index contributed by atoms with van der Waals surface area (Å²) in [5.41, 5.74) is 0.0888. The molecule has 2 rings (SSSR count). The molecule has 8 amide bonds. The number of nitrogens with zero attached hydrogens (tertiary/aromatic N) is 3. The summed E-state index contributed by atoms with van der Waals surface area (Å²) in [7, 11) is 8.35. The number of likely N-dealkylation sites (N-methyl/N-ethyl adjacent to an activating group) is 2. The maximum atomic E-state index is 14.5. The Hall–Kier alpha value is -6.20. The Morgan fingerprint density at radius 3 is 1.94 bits per heavy atom. The van der Waals surface area contributed by atoms with Crippen LogP contribution in [0.5, 0.6) is 0 Å². The van der Waals surface area contributed by atoms with Gasteiger partial charge in [-0.1, -0.05) is 106 Å². The number of ether oxygens (including phenoxy) is 3. The van der Waals surface area contributed by atoms with Gasteiger partial charge in [-0.05, 0) is 63.6 Å². The summed E-state index contributed by atoms with van der Waals surface area (Å²) in [5, 5.41) is 25.6. The normalized spacial score (nSPS) is 17.3. The van der Waals surface area contributed by atoms with Crippen molar-refractivity contribution in [3.63, 3.8) is 0 Å². The van der Waals surface area contributed by atoms with Crippen LogP contribution in [-0.4, -0.2) is 195 Å². The summed E-state index contributed by atoms with van der Waals surface area (Å²) in [6.45, 7) is 20.1. The Morgan fingerprint density at radius 1 is 0.753 bits per heavy atom. The number of amides is 8. The van der Waals surface area contributed by atoms with Crippen molar-refractivity contribution in [3.05, 3.63) is 35.9 Å². The number of nitrogens with one attached hydrogen (secondary N) is 6. The molecule has 1 saturated heterocycles. The molecular formula is C58H97N9O14. The molecule has 81 heavy (non-hydrogen) atoms. The molecule has 11 atom stereocenters. The number of carboxylic acids is 1. The monoisotopic (exact) mass is 1140 g/mol. The number of likely N-dealkylation sites (tertiary alicyclic amines) is 1. The van der Waals surface area contributed by atoms with Crippen LogP contribution in [0, 0.1) is 29.1 Å². The lowest BCUT2D eigenvalue weighted by atomic mass is 9.89. The van der Waals surface area contributed by atoms with Crippen LogP contribution in [0.1, 0.15) is 127 Å². The van der Waals surface area contributed by atoms with Crippen LogP contribution in [0.4, 0.5) is 0 Å². The topological polar surface area (TPSA) is 301 Å². The Morgan fingerprint density at radius 2 is 1.40 bits per heavy atom. The summed E-state index contributed by atoms with van der Waals surface area (Å²) < 4.78 is 17.4. The third-order valence-corrected chi connectivity index (χ3v) is 14.8. The second-order valence-corrected chi connectivity index (χ2v) is 23.2. The van der Waals surface area contributed by atoms with Crippen molar-refractivity contribution in [2.75, 3.05) is 61.6 Å². The molecule has 0 radical (unpaired) electrons. The van der Waals surface area contributed by atoms with E-state index in [1.807, 2.05) is 90.9 Å². The van der Waals surface area contributed by atoms with Crippen LogP contribution in [0.3, 0.4) is 0 Å². The van der Waals surface area contributed by atoms with Gasteiger partial charge in [-0.2, -0.15) is 0 Å². The lowest BCUT2D eigenvalue weighted by Crippen LogP contribution is -2.59. The quantitative estimate of drug-likeness (QED) is 0.0385. The number of hydrogen-bond acceptors (Lipinski definition) is 14. The predicted octanol–water partition coefficient (Wildman–Crippen LogP) is 2.43. The van der Waals surface area contributed by atoms with Gasteiger partial charge in [0.15, 0.2) is 0 Å². The molecule has 7 N–H and O–H groups in total. The largest absolute Gasteiger partial charge is 0.480 e. The fourth-order valence-corrected chi connectivity index (χ4v) is 10.0. The number of carboxylic acid groups (broad SMARTS) is 1. The number of benzene rings is 1. The van der Waals surface area contributed by atoms with E-state index in [0.717, 1.165) is 5.56 Å². The van der Waals surface area contributed by atoms with Crippen molar-refractivity contribution >= 4 is 59.2 Å². The van der Waals surface area contributed by atoms with Crippen molar-refractivity contribution in [2.24, 2.45) is 29.1 Å². The summed E-state index contributed by atoms with van der Waals surface area (Å²) in [4.78, 5) is 137. The van der Waals surface area contributed by atoms with Gasteiger partial charge in [-0.3, -0.25) is 43.3 Å². The van der Waals surface area contributed by atoms with Gasteiger partial charge >= 0.3 is 11.9 Å². The van der Waals surface area contributed by atoms with E-state index in [-0.39, 0.29) is 86.8 Å². The Kier molecular flexibility index (Phi) is 30.0. The van der Waals surface area contributed by atoms with Crippen LogP contribution < -0.4 is 31.9 Å². The molecule has 1 heterocycles. The molecule has 1 aromatic rings. The highest BCUT2D eigenvalue weighted by atomic mass is 16.5. The highest BCUT2D eigenvalue weighted by molar-refractivity contribution is 5.92. The van der Waals surface area contributed by atoms with Gasteiger partial charge in [0.25, 0.3) is 0 Å². The summed E-state index contributed by atoms with van der Waals surface area (Å²) in [5.74, 6) is -7.07. The number of methoxy groups -OCH3 is 2. The van der Waals surface area contributed by atoms with E-state index in [4.69, 9.17) is 14.2 Å². The highest BCUT2D eigenvalue weighted by Crippen LogP contribution is 2.30. The first-order chi connectivity index (χ1) is 37.9. The number of rotatable bonds is 34. The van der Waals surface area contributed by atoms with Crippen molar-refractivity contribution in [1.82, 2.24) is 46.6 Å².